The molecule has 2 heterocycles. The molecule has 1 aromatic heterocycles. The molecular weight excluding hydrogens is 315 g/mol. The summed E-state index contributed by atoms with van der Waals surface area (Å²) < 4.78 is 13.5. The van der Waals surface area contributed by atoms with Crippen molar-refractivity contribution in [2.45, 2.75) is 12.5 Å². The van der Waals surface area contributed by atoms with Crippen molar-refractivity contribution < 1.29 is 9.18 Å². The van der Waals surface area contributed by atoms with Crippen molar-refractivity contribution >= 4 is 27.5 Å². The van der Waals surface area contributed by atoms with Gasteiger partial charge in [-0.2, -0.15) is 0 Å². The minimum atomic E-state index is -0.566. The van der Waals surface area contributed by atoms with Gasteiger partial charge in [0.15, 0.2) is 0 Å². The largest absolute Gasteiger partial charge is 0.339 e. The number of fused-ring (bicyclic) bond motifs is 1. The third kappa shape index (κ3) is 3.85. The van der Waals surface area contributed by atoms with Crippen LogP contribution in [-0.4, -0.2) is 66.1 Å². The first kappa shape index (κ1) is 16.3. The Bertz CT molecular complexity index is 636. The maximum absolute atomic E-state index is 12.5. The zero-order valence-corrected chi connectivity index (χ0v) is 13.8. The molecule has 23 heavy (non-hydrogen) atoms. The van der Waals surface area contributed by atoms with Crippen LogP contribution in [0.15, 0.2) is 24.3 Å². The number of aromatic nitrogens is 1. The van der Waals surface area contributed by atoms with E-state index in [9.17, 15) is 9.18 Å². The highest BCUT2D eigenvalue weighted by molar-refractivity contribution is 7.18. The predicted molar refractivity (Wildman–Crippen MR) is 90.3 cm³/mol. The van der Waals surface area contributed by atoms with E-state index in [1.807, 2.05) is 29.2 Å². The van der Waals surface area contributed by atoms with Gasteiger partial charge in [0, 0.05) is 39.1 Å². The summed E-state index contributed by atoms with van der Waals surface area (Å²) in [6, 6.07) is 7.35. The number of hydrogen-bond acceptors (Lipinski definition) is 5. The Morgan fingerprint density at radius 1 is 1.30 bits per heavy atom. The van der Waals surface area contributed by atoms with E-state index in [1.165, 1.54) is 0 Å². The molecule has 1 aliphatic rings. The first-order valence-electron chi connectivity index (χ1n) is 7.84. The second-order valence-electron chi connectivity index (χ2n) is 5.74. The zero-order chi connectivity index (χ0) is 16.2. The fraction of sp³-hybridized carbons (Fsp3) is 0.500. The normalized spacial score (nSPS) is 17.6. The highest BCUT2D eigenvalue weighted by atomic mass is 32.1. The highest BCUT2D eigenvalue weighted by Gasteiger charge is 2.25. The Morgan fingerprint density at radius 3 is 2.74 bits per heavy atom. The van der Waals surface area contributed by atoms with Gasteiger partial charge in [0.05, 0.1) is 21.3 Å². The molecule has 1 aromatic carbocycles. The molecule has 1 saturated heterocycles. The van der Waals surface area contributed by atoms with Gasteiger partial charge in [-0.05, 0) is 12.1 Å². The summed E-state index contributed by atoms with van der Waals surface area (Å²) in [5.41, 5.74) is 7.05. The number of piperazine rings is 1. The molecule has 2 N–H and O–H groups in total. The molecule has 0 aliphatic carbocycles. The molecule has 1 aliphatic heterocycles. The zero-order valence-electron chi connectivity index (χ0n) is 12.9. The number of rotatable bonds is 5. The van der Waals surface area contributed by atoms with Crippen LogP contribution >= 0.6 is 11.3 Å². The number of para-hydroxylation sites is 1. The van der Waals surface area contributed by atoms with E-state index in [0.29, 0.717) is 39.1 Å². The lowest BCUT2D eigenvalue weighted by Crippen LogP contribution is -2.53. The molecule has 0 saturated carbocycles. The van der Waals surface area contributed by atoms with E-state index >= 15 is 0 Å². The van der Waals surface area contributed by atoms with Crippen LogP contribution < -0.4 is 5.73 Å². The van der Waals surface area contributed by atoms with Crippen molar-refractivity contribution in [3.05, 3.63) is 29.3 Å². The minimum Gasteiger partial charge on any atom is -0.339 e. The predicted octanol–water partition coefficient (Wildman–Crippen LogP) is 1.28. The lowest BCUT2D eigenvalue weighted by atomic mass is 10.2. The van der Waals surface area contributed by atoms with Crippen LogP contribution in [0.1, 0.15) is 5.01 Å². The molecular formula is C16H21FN4OS. The van der Waals surface area contributed by atoms with E-state index in [-0.39, 0.29) is 12.6 Å². The fourth-order valence-corrected chi connectivity index (χ4v) is 3.85. The van der Waals surface area contributed by atoms with Gasteiger partial charge in [0.1, 0.15) is 6.67 Å². The Hall–Kier alpha value is -1.57. The molecule has 124 valence electrons. The Morgan fingerprint density at radius 2 is 2.04 bits per heavy atom. The molecule has 1 fully saturated rings. The van der Waals surface area contributed by atoms with Crippen molar-refractivity contribution in [1.29, 1.82) is 0 Å². The van der Waals surface area contributed by atoms with Gasteiger partial charge in [0.25, 0.3) is 0 Å². The molecule has 0 spiro atoms. The van der Waals surface area contributed by atoms with Crippen LogP contribution in [0.3, 0.4) is 0 Å². The smallest absolute Gasteiger partial charge is 0.240 e. The first-order chi connectivity index (χ1) is 11.2. The third-order valence-electron chi connectivity index (χ3n) is 4.13. The SMILES string of the molecule is NC(Cc1nc2ccccc2s1)C(=O)N1CCN(CCF)CC1. The second-order valence-corrected chi connectivity index (χ2v) is 6.86. The van der Waals surface area contributed by atoms with Gasteiger partial charge >= 0.3 is 0 Å². The van der Waals surface area contributed by atoms with Gasteiger partial charge in [-0.3, -0.25) is 9.69 Å². The number of nitrogens with zero attached hydrogens (tertiary/aromatic N) is 3. The average Bonchev–Trinajstić information content (AvgIpc) is 2.97. The van der Waals surface area contributed by atoms with Crippen LogP contribution in [0.4, 0.5) is 4.39 Å². The third-order valence-corrected chi connectivity index (χ3v) is 5.19. The van der Waals surface area contributed by atoms with Gasteiger partial charge in [-0.15, -0.1) is 11.3 Å². The minimum absolute atomic E-state index is 0.0378. The summed E-state index contributed by atoms with van der Waals surface area (Å²) in [4.78, 5) is 20.8. The average molecular weight is 336 g/mol. The van der Waals surface area contributed by atoms with E-state index in [2.05, 4.69) is 4.98 Å². The topological polar surface area (TPSA) is 62.5 Å². The monoisotopic (exact) mass is 336 g/mol. The number of alkyl halides is 1. The number of carbonyl (C=O) groups is 1. The Balaban J connectivity index is 1.57. The maximum Gasteiger partial charge on any atom is 0.240 e. The standard InChI is InChI=1S/C16H21FN4OS/c17-5-6-20-7-9-21(10-8-20)16(22)12(18)11-15-19-13-3-1-2-4-14(13)23-15/h1-4,12H,5-11,18H2. The summed E-state index contributed by atoms with van der Waals surface area (Å²) in [6.07, 6.45) is 0.461. The van der Waals surface area contributed by atoms with Crippen LogP contribution in [0, 0.1) is 0 Å². The van der Waals surface area contributed by atoms with Gasteiger partial charge < -0.3 is 10.6 Å². The molecule has 1 amide bonds. The number of benzene rings is 1. The molecule has 7 heteroatoms. The van der Waals surface area contributed by atoms with E-state index in [0.717, 1.165) is 15.2 Å². The molecule has 0 radical (unpaired) electrons. The number of amides is 1. The molecule has 3 rings (SSSR count). The van der Waals surface area contributed by atoms with E-state index in [4.69, 9.17) is 5.73 Å². The molecule has 1 atom stereocenters. The maximum atomic E-state index is 12.5. The van der Waals surface area contributed by atoms with Crippen molar-refractivity contribution in [2.75, 3.05) is 39.4 Å². The fourth-order valence-electron chi connectivity index (χ4n) is 2.83. The van der Waals surface area contributed by atoms with Crippen molar-refractivity contribution in [1.82, 2.24) is 14.8 Å². The van der Waals surface area contributed by atoms with Crippen molar-refractivity contribution in [3.8, 4) is 0 Å². The molecule has 5 nitrogen and oxygen atoms in total. The summed E-state index contributed by atoms with van der Waals surface area (Å²) in [7, 11) is 0. The number of thiazole rings is 1. The number of nitrogens with two attached hydrogens (primary N) is 1. The second kappa shape index (κ2) is 7.33. The first-order valence-corrected chi connectivity index (χ1v) is 8.66. The van der Waals surface area contributed by atoms with Gasteiger partial charge in [-0.1, -0.05) is 12.1 Å². The van der Waals surface area contributed by atoms with E-state index < -0.39 is 6.04 Å². The summed E-state index contributed by atoms with van der Waals surface area (Å²) in [5, 5.41) is 0.892. The lowest BCUT2D eigenvalue weighted by molar-refractivity contribution is -0.134. The quantitative estimate of drug-likeness (QED) is 0.893. The molecule has 1 unspecified atom stereocenters. The van der Waals surface area contributed by atoms with Crippen molar-refractivity contribution in [2.24, 2.45) is 5.73 Å². The Labute approximate surface area is 138 Å². The number of halogens is 1. The number of carbonyl (C=O) groups excluding carboxylic acids is 1. The van der Waals surface area contributed by atoms with E-state index in [1.54, 1.807) is 16.2 Å². The van der Waals surface area contributed by atoms with Crippen LogP contribution in [0.25, 0.3) is 10.2 Å². The number of hydrogen-bond donors (Lipinski definition) is 1. The van der Waals surface area contributed by atoms with Crippen LogP contribution in [0.2, 0.25) is 0 Å². The summed E-state index contributed by atoms with van der Waals surface area (Å²) in [5.74, 6) is -0.0378. The Kier molecular flexibility index (Phi) is 5.20. The van der Waals surface area contributed by atoms with Crippen molar-refractivity contribution in [3.63, 3.8) is 0 Å². The molecule has 0 bridgehead atoms. The van der Waals surface area contributed by atoms with Crippen LogP contribution in [0.5, 0.6) is 0 Å². The lowest BCUT2D eigenvalue weighted by Gasteiger charge is -2.35. The summed E-state index contributed by atoms with van der Waals surface area (Å²) in [6.45, 7) is 2.76. The molecule has 2 aromatic rings. The van der Waals surface area contributed by atoms with Crippen LogP contribution in [-0.2, 0) is 11.2 Å². The van der Waals surface area contributed by atoms with Gasteiger partial charge in [-0.25, -0.2) is 9.37 Å². The highest BCUT2D eigenvalue weighted by Crippen LogP contribution is 2.22. The summed E-state index contributed by atoms with van der Waals surface area (Å²) >= 11 is 1.58. The van der Waals surface area contributed by atoms with Gasteiger partial charge in [0.2, 0.25) is 5.91 Å².